The van der Waals surface area contributed by atoms with E-state index in [4.69, 9.17) is 0 Å². The normalized spacial score (nSPS) is 14.5. The van der Waals surface area contributed by atoms with Crippen molar-refractivity contribution in [1.82, 2.24) is 0 Å². The zero-order valence-corrected chi connectivity index (χ0v) is 9.90. The van der Waals surface area contributed by atoms with Gasteiger partial charge in [0, 0.05) is 0 Å². The summed E-state index contributed by atoms with van der Waals surface area (Å²) in [6.07, 6.45) is 7.86. The molecule has 0 fully saturated rings. The fourth-order valence-electron chi connectivity index (χ4n) is 1.39. The van der Waals surface area contributed by atoms with Crippen LogP contribution in [0.5, 0.6) is 0 Å². The molecule has 0 saturated heterocycles. The average molecular weight is 200 g/mol. The number of allylic oxidation sites excluding steroid dienone is 4. The monoisotopic (exact) mass is 200 g/mol. The zero-order chi connectivity index (χ0) is 11.1. The fourth-order valence-corrected chi connectivity index (χ4v) is 1.39. The molecule has 0 heterocycles. The smallest absolute Gasteiger partial charge is 0.0187 e. The van der Waals surface area contributed by atoms with E-state index in [1.54, 1.807) is 0 Å². The molecule has 0 bridgehead atoms. The highest BCUT2D eigenvalue weighted by Crippen LogP contribution is 2.16. The minimum Gasteiger partial charge on any atom is -0.0811 e. The van der Waals surface area contributed by atoms with Crippen LogP contribution in [0.25, 0.3) is 5.57 Å². The SMILES string of the molecule is C/C=C(\C=C/C(C)CC)c1ccccc1. The molecule has 0 heteroatoms. The van der Waals surface area contributed by atoms with E-state index in [0.29, 0.717) is 5.92 Å². The number of rotatable bonds is 4. The predicted octanol–water partition coefficient (Wildman–Crippen LogP) is 4.69. The Morgan fingerprint density at radius 2 is 1.93 bits per heavy atom. The van der Waals surface area contributed by atoms with Crippen molar-refractivity contribution in [3.8, 4) is 0 Å². The highest BCUT2D eigenvalue weighted by molar-refractivity contribution is 5.73. The van der Waals surface area contributed by atoms with Crippen LogP contribution >= 0.6 is 0 Å². The third-order valence-corrected chi connectivity index (χ3v) is 2.67. The molecule has 1 atom stereocenters. The number of hydrogen-bond donors (Lipinski definition) is 0. The Kier molecular flexibility index (Phi) is 4.89. The van der Waals surface area contributed by atoms with E-state index < -0.39 is 0 Å². The Hall–Kier alpha value is -1.30. The van der Waals surface area contributed by atoms with Gasteiger partial charge in [-0.25, -0.2) is 0 Å². The van der Waals surface area contributed by atoms with Gasteiger partial charge in [-0.2, -0.15) is 0 Å². The van der Waals surface area contributed by atoms with Gasteiger partial charge in [0.1, 0.15) is 0 Å². The van der Waals surface area contributed by atoms with E-state index in [2.05, 4.69) is 69.3 Å². The summed E-state index contributed by atoms with van der Waals surface area (Å²) in [7, 11) is 0. The lowest BCUT2D eigenvalue weighted by molar-refractivity contribution is 0.698. The van der Waals surface area contributed by atoms with E-state index >= 15 is 0 Å². The van der Waals surface area contributed by atoms with Crippen LogP contribution in [0.1, 0.15) is 32.8 Å². The first kappa shape index (κ1) is 11.8. The van der Waals surface area contributed by atoms with Gasteiger partial charge in [-0.3, -0.25) is 0 Å². The molecular weight excluding hydrogens is 180 g/mol. The third kappa shape index (κ3) is 3.75. The second kappa shape index (κ2) is 6.23. The molecule has 0 radical (unpaired) electrons. The molecule has 1 aromatic rings. The Bertz CT molecular complexity index is 330. The van der Waals surface area contributed by atoms with Crippen molar-refractivity contribution >= 4 is 5.57 Å². The summed E-state index contributed by atoms with van der Waals surface area (Å²) < 4.78 is 0. The Labute approximate surface area is 93.3 Å². The van der Waals surface area contributed by atoms with Crippen LogP contribution in [-0.2, 0) is 0 Å². The van der Waals surface area contributed by atoms with Crippen molar-refractivity contribution in [1.29, 1.82) is 0 Å². The average Bonchev–Trinajstić information content (AvgIpc) is 2.31. The summed E-state index contributed by atoms with van der Waals surface area (Å²) in [5.74, 6) is 0.656. The summed E-state index contributed by atoms with van der Waals surface area (Å²) in [5, 5.41) is 0. The lowest BCUT2D eigenvalue weighted by Gasteiger charge is -2.03. The maximum absolute atomic E-state index is 2.28. The summed E-state index contributed by atoms with van der Waals surface area (Å²) >= 11 is 0. The summed E-state index contributed by atoms with van der Waals surface area (Å²) in [6, 6.07) is 10.5. The second-order valence-corrected chi connectivity index (χ2v) is 3.85. The highest BCUT2D eigenvalue weighted by Gasteiger charge is 1.96. The van der Waals surface area contributed by atoms with E-state index in [9.17, 15) is 0 Å². The van der Waals surface area contributed by atoms with Gasteiger partial charge in [-0.1, -0.05) is 68.8 Å². The zero-order valence-electron chi connectivity index (χ0n) is 9.90. The standard InChI is InChI=1S/C15H20/c1-4-13(3)11-12-14(5-2)15-9-7-6-8-10-15/h5-13H,4H2,1-3H3/b12-11-,14-5+. The molecule has 0 saturated carbocycles. The Morgan fingerprint density at radius 3 is 2.47 bits per heavy atom. The fraction of sp³-hybridized carbons (Fsp3) is 0.333. The molecule has 1 unspecified atom stereocenters. The van der Waals surface area contributed by atoms with Gasteiger partial charge >= 0.3 is 0 Å². The topological polar surface area (TPSA) is 0 Å². The van der Waals surface area contributed by atoms with E-state index in [1.165, 1.54) is 17.6 Å². The molecule has 0 N–H and O–H groups in total. The first-order valence-electron chi connectivity index (χ1n) is 5.67. The van der Waals surface area contributed by atoms with Crippen LogP contribution in [0.4, 0.5) is 0 Å². The lowest BCUT2D eigenvalue weighted by Crippen LogP contribution is -1.85. The molecule has 0 spiro atoms. The van der Waals surface area contributed by atoms with Crippen molar-refractivity contribution in [2.75, 3.05) is 0 Å². The van der Waals surface area contributed by atoms with Crippen molar-refractivity contribution in [2.45, 2.75) is 27.2 Å². The maximum Gasteiger partial charge on any atom is -0.0187 e. The molecule has 0 aliphatic rings. The molecule has 80 valence electrons. The van der Waals surface area contributed by atoms with E-state index in [0.717, 1.165) is 0 Å². The van der Waals surface area contributed by atoms with Crippen molar-refractivity contribution in [3.63, 3.8) is 0 Å². The van der Waals surface area contributed by atoms with Gasteiger partial charge in [-0.05, 0) is 24.0 Å². The van der Waals surface area contributed by atoms with Crippen LogP contribution in [0.3, 0.4) is 0 Å². The molecule has 0 aromatic heterocycles. The van der Waals surface area contributed by atoms with Crippen LogP contribution in [0.2, 0.25) is 0 Å². The molecule has 0 amide bonds. The quantitative estimate of drug-likeness (QED) is 0.618. The summed E-state index contributed by atoms with van der Waals surface area (Å²) in [5.41, 5.74) is 2.59. The Morgan fingerprint density at radius 1 is 1.27 bits per heavy atom. The van der Waals surface area contributed by atoms with Crippen molar-refractivity contribution in [2.24, 2.45) is 5.92 Å². The molecule has 1 aromatic carbocycles. The summed E-state index contributed by atoms with van der Waals surface area (Å²) in [6.45, 7) is 6.55. The van der Waals surface area contributed by atoms with Crippen LogP contribution in [0, 0.1) is 5.92 Å². The van der Waals surface area contributed by atoms with Gasteiger partial charge in [-0.15, -0.1) is 0 Å². The van der Waals surface area contributed by atoms with E-state index in [-0.39, 0.29) is 0 Å². The minimum atomic E-state index is 0.656. The van der Waals surface area contributed by atoms with Crippen molar-refractivity contribution in [3.05, 3.63) is 54.1 Å². The van der Waals surface area contributed by atoms with Crippen LogP contribution in [0.15, 0.2) is 48.6 Å². The number of hydrogen-bond acceptors (Lipinski definition) is 0. The minimum absolute atomic E-state index is 0.656. The summed E-state index contributed by atoms with van der Waals surface area (Å²) in [4.78, 5) is 0. The largest absolute Gasteiger partial charge is 0.0811 e. The van der Waals surface area contributed by atoms with Gasteiger partial charge in [0.05, 0.1) is 0 Å². The van der Waals surface area contributed by atoms with Gasteiger partial charge in [0.15, 0.2) is 0 Å². The molecule has 1 rings (SSSR count). The first-order valence-corrected chi connectivity index (χ1v) is 5.67. The highest BCUT2D eigenvalue weighted by atomic mass is 14.0. The van der Waals surface area contributed by atoms with Crippen molar-refractivity contribution < 1.29 is 0 Å². The first-order chi connectivity index (χ1) is 7.27. The number of benzene rings is 1. The van der Waals surface area contributed by atoms with Gasteiger partial charge in [0.2, 0.25) is 0 Å². The molecule has 0 aliphatic carbocycles. The van der Waals surface area contributed by atoms with Crippen LogP contribution < -0.4 is 0 Å². The van der Waals surface area contributed by atoms with Gasteiger partial charge < -0.3 is 0 Å². The van der Waals surface area contributed by atoms with Crippen LogP contribution in [-0.4, -0.2) is 0 Å². The Balaban J connectivity index is 2.79. The third-order valence-electron chi connectivity index (χ3n) is 2.67. The second-order valence-electron chi connectivity index (χ2n) is 3.85. The molecule has 15 heavy (non-hydrogen) atoms. The van der Waals surface area contributed by atoms with E-state index in [1.807, 2.05) is 0 Å². The lowest BCUT2D eigenvalue weighted by atomic mass is 10.0. The molecule has 0 nitrogen and oxygen atoms in total. The molecule has 0 aliphatic heterocycles. The van der Waals surface area contributed by atoms with Gasteiger partial charge in [0.25, 0.3) is 0 Å². The predicted molar refractivity (Wildman–Crippen MR) is 68.7 cm³/mol. The molecular formula is C15H20. The maximum atomic E-state index is 2.28.